The zero-order chi connectivity index (χ0) is 24.2. The van der Waals surface area contributed by atoms with Gasteiger partial charge in [-0.05, 0) is 17.7 Å². The van der Waals surface area contributed by atoms with Gasteiger partial charge in [0, 0.05) is 57.5 Å². The summed E-state index contributed by atoms with van der Waals surface area (Å²) in [6, 6.07) is 9.86. The number of carbonyl (C=O) groups excluding carboxylic acids is 2. The molecule has 4 rings (SSSR count). The lowest BCUT2D eigenvalue weighted by Gasteiger charge is -2.25. The number of hydrogen-bond acceptors (Lipinski definition) is 7. The molecule has 2 aromatic rings. The number of nitrogens with zero attached hydrogens (tertiary/aromatic N) is 3. The second-order valence-corrected chi connectivity index (χ2v) is 8.37. The lowest BCUT2D eigenvalue weighted by Crippen LogP contribution is -2.38. The molecule has 9 nitrogen and oxygen atoms in total. The predicted molar refractivity (Wildman–Crippen MR) is 124 cm³/mol. The van der Waals surface area contributed by atoms with Crippen molar-refractivity contribution < 1.29 is 23.1 Å². The van der Waals surface area contributed by atoms with Gasteiger partial charge in [0.2, 0.25) is 5.91 Å². The summed E-state index contributed by atoms with van der Waals surface area (Å²) in [5.41, 5.74) is 10.8. The monoisotopic (exact) mass is 474 g/mol. The molecular formula is C23H28F2N6O3. The third kappa shape index (κ3) is 5.54. The predicted octanol–water partition coefficient (Wildman–Crippen LogP) is 1.84. The lowest BCUT2D eigenvalue weighted by molar-refractivity contribution is -0.119. The first-order valence-corrected chi connectivity index (χ1v) is 11.1. The Morgan fingerprint density at radius 3 is 2.68 bits per heavy atom. The highest BCUT2D eigenvalue weighted by molar-refractivity contribution is 5.90. The molecule has 0 spiro atoms. The van der Waals surface area contributed by atoms with Gasteiger partial charge in [0.15, 0.2) is 11.6 Å². The van der Waals surface area contributed by atoms with Gasteiger partial charge in [-0.3, -0.25) is 15.1 Å². The van der Waals surface area contributed by atoms with Crippen LogP contribution in [0.15, 0.2) is 36.4 Å². The third-order valence-corrected chi connectivity index (χ3v) is 5.76. The zero-order valence-corrected chi connectivity index (χ0v) is 18.9. The van der Waals surface area contributed by atoms with Crippen molar-refractivity contribution in [3.8, 4) is 0 Å². The van der Waals surface area contributed by atoms with E-state index in [1.54, 1.807) is 4.90 Å². The molecule has 0 bridgehead atoms. The molecule has 0 aliphatic carbocycles. The fourth-order valence-corrected chi connectivity index (χ4v) is 4.15. The van der Waals surface area contributed by atoms with E-state index in [-0.39, 0.29) is 30.4 Å². The number of amides is 2. The molecule has 2 aliphatic rings. The number of carbonyl (C=O) groups is 2. The second-order valence-electron chi connectivity index (χ2n) is 8.37. The summed E-state index contributed by atoms with van der Waals surface area (Å²) >= 11 is 0. The minimum atomic E-state index is -0.752. The van der Waals surface area contributed by atoms with Crippen LogP contribution in [-0.2, 0) is 16.1 Å². The molecule has 1 atom stereocenters. The molecule has 2 heterocycles. The quantitative estimate of drug-likeness (QED) is 0.549. The van der Waals surface area contributed by atoms with Crippen LogP contribution in [0.3, 0.4) is 0 Å². The molecule has 4 N–H and O–H groups in total. The zero-order valence-electron chi connectivity index (χ0n) is 18.9. The van der Waals surface area contributed by atoms with E-state index < -0.39 is 23.8 Å². The Bertz CT molecular complexity index is 1050. The average Bonchev–Trinajstić information content (AvgIpc) is 3.00. The number of cyclic esters (lactones) is 1. The van der Waals surface area contributed by atoms with Crippen molar-refractivity contribution in [2.75, 3.05) is 54.8 Å². The second kappa shape index (κ2) is 10.2. The van der Waals surface area contributed by atoms with Gasteiger partial charge in [0.05, 0.1) is 18.8 Å². The highest BCUT2D eigenvalue weighted by Gasteiger charge is 2.34. The van der Waals surface area contributed by atoms with E-state index in [2.05, 4.69) is 10.7 Å². The van der Waals surface area contributed by atoms with E-state index in [0.717, 1.165) is 17.7 Å². The van der Waals surface area contributed by atoms with Crippen LogP contribution >= 0.6 is 0 Å². The van der Waals surface area contributed by atoms with Gasteiger partial charge < -0.3 is 20.7 Å². The minimum Gasteiger partial charge on any atom is -0.442 e. The maximum Gasteiger partial charge on any atom is 0.414 e. The molecule has 182 valence electrons. The van der Waals surface area contributed by atoms with E-state index in [4.69, 9.17) is 10.5 Å². The van der Waals surface area contributed by atoms with Crippen molar-refractivity contribution in [3.63, 3.8) is 0 Å². The summed E-state index contributed by atoms with van der Waals surface area (Å²) in [7, 11) is 0. The fourth-order valence-electron chi connectivity index (χ4n) is 4.15. The van der Waals surface area contributed by atoms with E-state index in [1.165, 1.54) is 11.8 Å². The number of halogens is 2. The lowest BCUT2D eigenvalue weighted by atomic mass is 10.2. The molecule has 2 aliphatic heterocycles. The summed E-state index contributed by atoms with van der Waals surface area (Å²) in [6.45, 7) is 4.05. The van der Waals surface area contributed by atoms with Crippen molar-refractivity contribution in [2.45, 2.75) is 19.6 Å². The Balaban J connectivity index is 1.43. The molecule has 2 saturated heterocycles. The molecular weight excluding hydrogens is 446 g/mol. The molecule has 34 heavy (non-hydrogen) atoms. The van der Waals surface area contributed by atoms with Gasteiger partial charge in [-0.25, -0.2) is 18.6 Å². The number of hydrazine groups is 1. The number of rotatable bonds is 6. The van der Waals surface area contributed by atoms with Crippen molar-refractivity contribution >= 4 is 29.1 Å². The maximum absolute atomic E-state index is 15.1. The van der Waals surface area contributed by atoms with Crippen molar-refractivity contribution in [1.82, 2.24) is 15.8 Å². The van der Waals surface area contributed by atoms with Crippen LogP contribution in [0.4, 0.5) is 30.6 Å². The summed E-state index contributed by atoms with van der Waals surface area (Å²) in [5, 5.41) is 4.56. The SMILES string of the molecule is CC(=O)NC[C@H]1CN(c2cc(F)c(N3CCNN(Cc4cccc(N)c4)CC3)c(F)c2)C(=O)O1. The van der Waals surface area contributed by atoms with E-state index in [0.29, 0.717) is 38.4 Å². The number of anilines is 3. The Labute approximate surface area is 196 Å². The number of nitrogens with two attached hydrogens (primary N) is 1. The van der Waals surface area contributed by atoms with Crippen LogP contribution < -0.4 is 26.3 Å². The van der Waals surface area contributed by atoms with Gasteiger partial charge in [-0.2, -0.15) is 0 Å². The van der Waals surface area contributed by atoms with Crippen LogP contribution in [0.2, 0.25) is 0 Å². The van der Waals surface area contributed by atoms with Gasteiger partial charge in [-0.15, -0.1) is 0 Å². The largest absolute Gasteiger partial charge is 0.442 e. The van der Waals surface area contributed by atoms with Gasteiger partial charge in [0.25, 0.3) is 0 Å². The van der Waals surface area contributed by atoms with Gasteiger partial charge in [-0.1, -0.05) is 12.1 Å². The normalized spacial score (nSPS) is 19.1. The smallest absolute Gasteiger partial charge is 0.414 e. The molecule has 0 saturated carbocycles. The van der Waals surface area contributed by atoms with Crippen LogP contribution in [0.5, 0.6) is 0 Å². The summed E-state index contributed by atoms with van der Waals surface area (Å²) in [6.07, 6.45) is -1.30. The topological polar surface area (TPSA) is 103 Å². The van der Waals surface area contributed by atoms with Crippen LogP contribution in [0, 0.1) is 11.6 Å². The van der Waals surface area contributed by atoms with Gasteiger partial charge in [0.1, 0.15) is 11.8 Å². The first-order valence-electron chi connectivity index (χ1n) is 11.1. The molecule has 0 unspecified atom stereocenters. The Kier molecular flexibility index (Phi) is 7.13. The van der Waals surface area contributed by atoms with Crippen molar-refractivity contribution in [2.24, 2.45) is 0 Å². The Morgan fingerprint density at radius 1 is 1.21 bits per heavy atom. The standard InChI is InChI=1S/C23H28F2N6O3/c1-15(32)27-12-19-14-31(23(33)34-19)18-10-20(24)22(21(25)11-18)29-6-5-28-30(8-7-29)13-16-3-2-4-17(26)9-16/h2-4,9-11,19,28H,5-8,12-14,26H2,1H3,(H,27,32)/t19-/m0/s1. The Hall–Kier alpha value is -3.44. The third-order valence-electron chi connectivity index (χ3n) is 5.76. The molecule has 0 aromatic heterocycles. The highest BCUT2D eigenvalue weighted by Crippen LogP contribution is 2.31. The average molecular weight is 475 g/mol. The van der Waals surface area contributed by atoms with Gasteiger partial charge >= 0.3 is 6.09 Å². The van der Waals surface area contributed by atoms with Crippen LogP contribution in [0.1, 0.15) is 12.5 Å². The van der Waals surface area contributed by atoms with Crippen molar-refractivity contribution in [3.05, 3.63) is 53.6 Å². The van der Waals surface area contributed by atoms with E-state index in [9.17, 15) is 9.59 Å². The van der Waals surface area contributed by atoms with Crippen molar-refractivity contribution in [1.29, 1.82) is 0 Å². The van der Waals surface area contributed by atoms with E-state index in [1.807, 2.05) is 29.3 Å². The minimum absolute atomic E-state index is 0.0744. The number of ether oxygens (including phenoxy) is 1. The number of nitrogen functional groups attached to an aromatic ring is 1. The molecule has 0 radical (unpaired) electrons. The van der Waals surface area contributed by atoms with Crippen LogP contribution in [0.25, 0.3) is 0 Å². The fraction of sp³-hybridized carbons (Fsp3) is 0.391. The molecule has 2 fully saturated rings. The molecule has 2 amide bonds. The van der Waals surface area contributed by atoms with E-state index >= 15 is 8.78 Å². The highest BCUT2D eigenvalue weighted by atomic mass is 19.1. The summed E-state index contributed by atoms with van der Waals surface area (Å²) in [4.78, 5) is 26.1. The number of benzene rings is 2. The summed E-state index contributed by atoms with van der Waals surface area (Å²) in [5.74, 6) is -1.76. The molecule has 2 aromatic carbocycles. The number of nitrogens with one attached hydrogen (secondary N) is 2. The first kappa shape index (κ1) is 23.7. The first-order chi connectivity index (χ1) is 16.3. The summed E-state index contributed by atoms with van der Waals surface area (Å²) < 4.78 is 35.4. The van der Waals surface area contributed by atoms with Crippen LogP contribution in [-0.4, -0.2) is 62.4 Å². The maximum atomic E-state index is 15.1. The molecule has 11 heteroatoms. The number of hydrogen-bond donors (Lipinski definition) is 3. The Morgan fingerprint density at radius 2 is 1.97 bits per heavy atom.